The van der Waals surface area contributed by atoms with Crippen LogP contribution in [0.1, 0.15) is 32.6 Å². The van der Waals surface area contributed by atoms with E-state index in [-0.39, 0.29) is 11.8 Å². The van der Waals surface area contributed by atoms with Crippen molar-refractivity contribution in [1.29, 1.82) is 0 Å². The molecule has 0 aliphatic carbocycles. The van der Waals surface area contributed by atoms with Crippen molar-refractivity contribution in [3.05, 3.63) is 0 Å². The largest absolute Gasteiger partial charge is 0.397 e. The summed E-state index contributed by atoms with van der Waals surface area (Å²) in [6, 6.07) is 0. The average Bonchev–Trinajstić information content (AvgIpc) is 2.73. The van der Waals surface area contributed by atoms with Gasteiger partial charge in [0, 0.05) is 20.1 Å². The van der Waals surface area contributed by atoms with Crippen LogP contribution in [0.15, 0.2) is 4.99 Å². The van der Waals surface area contributed by atoms with Gasteiger partial charge in [-0.1, -0.05) is 11.8 Å². The molecule has 1 N–H and O–H groups in total. The van der Waals surface area contributed by atoms with Gasteiger partial charge >= 0.3 is 6.18 Å². The van der Waals surface area contributed by atoms with E-state index in [9.17, 15) is 22.8 Å². The van der Waals surface area contributed by atoms with Crippen LogP contribution in [0.25, 0.3) is 0 Å². The molecule has 2 aliphatic rings. The zero-order valence-electron chi connectivity index (χ0n) is 13.1. The molecule has 0 aromatic carbocycles. The average molecular weight is 351 g/mol. The van der Waals surface area contributed by atoms with Gasteiger partial charge in [-0.05, 0) is 32.1 Å². The highest BCUT2D eigenvalue weighted by atomic mass is 32.2. The van der Waals surface area contributed by atoms with E-state index in [4.69, 9.17) is 0 Å². The summed E-state index contributed by atoms with van der Waals surface area (Å²) in [6.45, 7) is 2.49. The number of alkyl halides is 3. The number of rotatable bonds is 3. The molecule has 2 amide bonds. The number of halogens is 3. The van der Waals surface area contributed by atoms with Crippen molar-refractivity contribution in [3.63, 3.8) is 0 Å². The molecule has 1 unspecified atom stereocenters. The normalized spacial score (nSPS) is 28.3. The number of nitrogens with zero attached hydrogens (tertiary/aromatic N) is 2. The molecule has 5 nitrogen and oxygen atoms in total. The molecule has 0 radical (unpaired) electrons. The van der Waals surface area contributed by atoms with Gasteiger partial charge < -0.3 is 10.2 Å². The Morgan fingerprint density at radius 1 is 1.43 bits per heavy atom. The van der Waals surface area contributed by atoms with E-state index in [1.165, 1.54) is 16.7 Å². The number of nitrogens with one attached hydrogen (secondary N) is 1. The van der Waals surface area contributed by atoms with E-state index in [1.54, 1.807) is 7.05 Å². The van der Waals surface area contributed by atoms with Crippen molar-refractivity contribution in [1.82, 2.24) is 10.2 Å². The summed E-state index contributed by atoms with van der Waals surface area (Å²) in [7, 11) is 1.61. The molecule has 130 valence electrons. The summed E-state index contributed by atoms with van der Waals surface area (Å²) < 4.78 is 36.2. The Labute approximate surface area is 137 Å². The maximum absolute atomic E-state index is 12.3. The Kier molecular flexibility index (Phi) is 5.27. The molecule has 0 saturated carbocycles. The second kappa shape index (κ2) is 6.70. The molecule has 2 heterocycles. The van der Waals surface area contributed by atoms with Gasteiger partial charge in [-0.25, -0.2) is 0 Å². The van der Waals surface area contributed by atoms with Crippen molar-refractivity contribution < 1.29 is 22.8 Å². The summed E-state index contributed by atoms with van der Waals surface area (Å²) in [6.07, 6.45) is -4.00. The maximum Gasteiger partial charge on any atom is 0.397 e. The molecule has 0 aromatic rings. The molecule has 9 heteroatoms. The van der Waals surface area contributed by atoms with Crippen LogP contribution in [-0.2, 0) is 9.59 Å². The van der Waals surface area contributed by atoms with Crippen LogP contribution in [0, 0.1) is 5.92 Å². The lowest BCUT2D eigenvalue weighted by Gasteiger charge is -2.34. The molecular weight excluding hydrogens is 331 g/mol. The summed E-state index contributed by atoms with van der Waals surface area (Å²) in [5, 5.41) is 3.31. The standard InChI is InChI=1S/C14H20F3N3O2S/c1-13(11(22)19-12(18-2)23-13)7-9-3-5-20(6-4-9)10(21)8-14(15,16)17/h9H,3-8H2,1-2H3,(H,18,19,22). The molecule has 0 aromatic heterocycles. The van der Waals surface area contributed by atoms with Crippen LogP contribution in [0.4, 0.5) is 13.2 Å². The Morgan fingerprint density at radius 2 is 2.04 bits per heavy atom. The zero-order valence-corrected chi connectivity index (χ0v) is 13.9. The van der Waals surface area contributed by atoms with Gasteiger partial charge in [0.05, 0.1) is 4.75 Å². The molecule has 23 heavy (non-hydrogen) atoms. The topological polar surface area (TPSA) is 61.8 Å². The minimum atomic E-state index is -4.46. The van der Waals surface area contributed by atoms with Crippen LogP contribution in [-0.4, -0.2) is 52.9 Å². The summed E-state index contributed by atoms with van der Waals surface area (Å²) in [5.74, 6) is -0.737. The number of piperidine rings is 1. The van der Waals surface area contributed by atoms with Gasteiger partial charge in [-0.15, -0.1) is 0 Å². The number of carbonyl (C=O) groups is 2. The number of carbonyl (C=O) groups excluding carboxylic acids is 2. The third-order valence-electron chi connectivity index (χ3n) is 4.22. The number of amides is 2. The highest BCUT2D eigenvalue weighted by molar-refractivity contribution is 8.16. The Balaban J connectivity index is 1.86. The van der Waals surface area contributed by atoms with Crippen molar-refractivity contribution in [3.8, 4) is 0 Å². The number of hydrogen-bond donors (Lipinski definition) is 1. The van der Waals surface area contributed by atoms with E-state index >= 15 is 0 Å². The maximum atomic E-state index is 12.3. The van der Waals surface area contributed by atoms with E-state index in [0.29, 0.717) is 37.5 Å². The zero-order chi connectivity index (χ0) is 17.3. The lowest BCUT2D eigenvalue weighted by atomic mass is 9.87. The van der Waals surface area contributed by atoms with Gasteiger partial charge in [0.25, 0.3) is 0 Å². The number of hydrogen-bond acceptors (Lipinski definition) is 4. The van der Waals surface area contributed by atoms with Gasteiger partial charge in [-0.2, -0.15) is 13.2 Å². The molecule has 2 saturated heterocycles. The summed E-state index contributed by atoms with van der Waals surface area (Å²) >= 11 is 1.39. The highest BCUT2D eigenvalue weighted by Gasteiger charge is 2.44. The second-order valence-electron chi connectivity index (χ2n) is 6.14. The fraction of sp³-hybridized carbons (Fsp3) is 0.786. The lowest BCUT2D eigenvalue weighted by Crippen LogP contribution is -2.42. The molecule has 2 aliphatic heterocycles. The van der Waals surface area contributed by atoms with Crippen molar-refractivity contribution in [2.24, 2.45) is 10.9 Å². The molecule has 2 fully saturated rings. The van der Waals surface area contributed by atoms with E-state index < -0.39 is 23.3 Å². The van der Waals surface area contributed by atoms with Crippen molar-refractivity contribution in [2.75, 3.05) is 20.1 Å². The first-order chi connectivity index (χ1) is 10.6. The van der Waals surface area contributed by atoms with Gasteiger partial charge in [0.1, 0.15) is 6.42 Å². The lowest BCUT2D eigenvalue weighted by molar-refractivity contribution is -0.162. The predicted octanol–water partition coefficient (Wildman–Crippen LogP) is 2.17. The van der Waals surface area contributed by atoms with Crippen LogP contribution < -0.4 is 5.32 Å². The molecule has 2 rings (SSSR count). The first-order valence-electron chi connectivity index (χ1n) is 7.45. The van der Waals surface area contributed by atoms with Crippen LogP contribution in [0.2, 0.25) is 0 Å². The van der Waals surface area contributed by atoms with Crippen LogP contribution in [0.5, 0.6) is 0 Å². The Morgan fingerprint density at radius 3 is 2.52 bits per heavy atom. The fourth-order valence-corrected chi connectivity index (χ4v) is 4.10. The molecule has 0 bridgehead atoms. The monoisotopic (exact) mass is 351 g/mol. The molecular formula is C14H20F3N3O2S. The first-order valence-corrected chi connectivity index (χ1v) is 8.26. The van der Waals surface area contributed by atoms with Gasteiger partial charge in [0.2, 0.25) is 11.8 Å². The fourth-order valence-electron chi connectivity index (χ4n) is 2.97. The third kappa shape index (κ3) is 4.62. The molecule has 0 spiro atoms. The highest BCUT2D eigenvalue weighted by Crippen LogP contribution is 2.39. The SMILES string of the molecule is CN=C1NC(=O)C(C)(CC2CCN(C(=O)CC(F)(F)F)CC2)S1. The third-order valence-corrected chi connectivity index (χ3v) is 5.50. The van der Waals surface area contributed by atoms with E-state index in [2.05, 4.69) is 10.3 Å². The van der Waals surface area contributed by atoms with E-state index in [1.807, 2.05) is 6.92 Å². The number of thioether (sulfide) groups is 1. The van der Waals surface area contributed by atoms with Gasteiger partial charge in [-0.3, -0.25) is 14.6 Å². The van der Waals surface area contributed by atoms with Crippen LogP contribution >= 0.6 is 11.8 Å². The minimum absolute atomic E-state index is 0.0846. The minimum Gasteiger partial charge on any atom is -0.342 e. The van der Waals surface area contributed by atoms with E-state index in [0.717, 1.165) is 0 Å². The number of aliphatic imine (C=N–C) groups is 1. The smallest absolute Gasteiger partial charge is 0.342 e. The predicted molar refractivity (Wildman–Crippen MR) is 82.1 cm³/mol. The number of amidine groups is 1. The summed E-state index contributed by atoms with van der Waals surface area (Å²) in [5.41, 5.74) is 0. The molecule has 1 atom stereocenters. The first kappa shape index (κ1) is 18.1. The van der Waals surface area contributed by atoms with Crippen molar-refractivity contribution >= 4 is 28.7 Å². The number of likely N-dealkylation sites (tertiary alicyclic amines) is 1. The van der Waals surface area contributed by atoms with Crippen LogP contribution in [0.3, 0.4) is 0 Å². The summed E-state index contributed by atoms with van der Waals surface area (Å²) in [4.78, 5) is 28.9. The Bertz CT molecular complexity index is 516. The quantitative estimate of drug-likeness (QED) is 0.848. The second-order valence-corrected chi connectivity index (χ2v) is 7.63. The Hall–Kier alpha value is -1.25. The van der Waals surface area contributed by atoms with Crippen molar-refractivity contribution in [2.45, 2.75) is 43.5 Å². The van der Waals surface area contributed by atoms with Gasteiger partial charge in [0.15, 0.2) is 5.17 Å².